The van der Waals surface area contributed by atoms with Crippen molar-refractivity contribution in [2.45, 2.75) is 13.5 Å². The number of rotatable bonds is 3. The highest BCUT2D eigenvalue weighted by atomic mass is 16.5. The molecule has 2 aromatic heterocycles. The molecule has 0 aliphatic heterocycles. The second kappa shape index (κ2) is 5.36. The van der Waals surface area contributed by atoms with Crippen LogP contribution in [0.25, 0.3) is 11.2 Å². The predicted molar refractivity (Wildman–Crippen MR) is 80.6 cm³/mol. The lowest BCUT2D eigenvalue weighted by molar-refractivity contribution is 0.408. The van der Waals surface area contributed by atoms with Gasteiger partial charge in [0, 0.05) is 11.8 Å². The van der Waals surface area contributed by atoms with Crippen molar-refractivity contribution in [2.24, 2.45) is 0 Å². The van der Waals surface area contributed by atoms with E-state index in [9.17, 15) is 4.79 Å². The number of para-hydroxylation sites is 1. The Kier molecular flexibility index (Phi) is 3.39. The quantitative estimate of drug-likeness (QED) is 0.738. The van der Waals surface area contributed by atoms with Gasteiger partial charge in [0.2, 0.25) is 0 Å². The number of hydrogen-bond acceptors (Lipinski definition) is 4. The van der Waals surface area contributed by atoms with Crippen LogP contribution in [0, 0.1) is 6.92 Å². The highest BCUT2D eigenvalue weighted by Crippen LogP contribution is 2.19. The number of methoxy groups -OCH3 is 1. The summed E-state index contributed by atoms with van der Waals surface area (Å²) in [5.74, 6) is 0.753. The number of hydrogen-bond donors (Lipinski definition) is 0. The molecule has 0 atom stereocenters. The summed E-state index contributed by atoms with van der Waals surface area (Å²) in [6, 6.07) is 11.3. The van der Waals surface area contributed by atoms with Gasteiger partial charge in [-0.25, -0.2) is 9.97 Å². The summed E-state index contributed by atoms with van der Waals surface area (Å²) in [5, 5.41) is 0. The minimum Gasteiger partial charge on any atom is -0.496 e. The van der Waals surface area contributed by atoms with Crippen molar-refractivity contribution >= 4 is 11.2 Å². The van der Waals surface area contributed by atoms with Crippen molar-refractivity contribution in [2.75, 3.05) is 7.11 Å². The number of nitrogens with zero attached hydrogens (tertiary/aromatic N) is 3. The first-order chi connectivity index (χ1) is 10.2. The molecule has 1 aromatic carbocycles. The van der Waals surface area contributed by atoms with Crippen LogP contribution in [-0.4, -0.2) is 21.6 Å². The lowest BCUT2D eigenvalue weighted by Gasteiger charge is -2.12. The van der Waals surface area contributed by atoms with Crippen LogP contribution in [-0.2, 0) is 6.54 Å². The van der Waals surface area contributed by atoms with Crippen molar-refractivity contribution in [3.8, 4) is 5.75 Å². The first kappa shape index (κ1) is 13.3. The molecule has 0 spiro atoms. The van der Waals surface area contributed by atoms with E-state index < -0.39 is 0 Å². The first-order valence-electron chi connectivity index (χ1n) is 6.65. The minimum atomic E-state index is -0.132. The largest absolute Gasteiger partial charge is 0.496 e. The Labute approximate surface area is 121 Å². The van der Waals surface area contributed by atoms with Crippen LogP contribution in [0.15, 0.2) is 47.4 Å². The number of aromatic nitrogens is 3. The number of pyridine rings is 1. The van der Waals surface area contributed by atoms with E-state index >= 15 is 0 Å². The SMILES string of the molecule is COc1ccccc1Cn1c(=O)c(C)nc2cccnc21. The molecule has 0 aliphatic carbocycles. The maximum absolute atomic E-state index is 12.4. The average molecular weight is 281 g/mol. The molecular formula is C16H15N3O2. The summed E-state index contributed by atoms with van der Waals surface area (Å²) in [5.41, 5.74) is 2.56. The Morgan fingerprint density at radius 1 is 1.19 bits per heavy atom. The van der Waals surface area contributed by atoms with Crippen molar-refractivity contribution < 1.29 is 4.74 Å². The summed E-state index contributed by atoms with van der Waals surface area (Å²) >= 11 is 0. The van der Waals surface area contributed by atoms with Gasteiger partial charge in [0.05, 0.1) is 13.7 Å². The van der Waals surface area contributed by atoms with Crippen LogP contribution in [0.2, 0.25) is 0 Å². The number of ether oxygens (including phenoxy) is 1. The molecule has 3 aromatic rings. The van der Waals surface area contributed by atoms with Gasteiger partial charge in [-0.1, -0.05) is 18.2 Å². The zero-order valence-corrected chi connectivity index (χ0v) is 11.9. The monoisotopic (exact) mass is 281 g/mol. The molecule has 21 heavy (non-hydrogen) atoms. The summed E-state index contributed by atoms with van der Waals surface area (Å²) in [6.45, 7) is 2.12. The van der Waals surface area contributed by atoms with Crippen LogP contribution in [0.3, 0.4) is 0 Å². The lowest BCUT2D eigenvalue weighted by atomic mass is 10.2. The minimum absolute atomic E-state index is 0.132. The van der Waals surface area contributed by atoms with Gasteiger partial charge in [-0.3, -0.25) is 9.36 Å². The van der Waals surface area contributed by atoms with Crippen molar-refractivity contribution in [1.29, 1.82) is 0 Å². The Hall–Kier alpha value is -2.69. The Morgan fingerprint density at radius 2 is 2.00 bits per heavy atom. The molecular weight excluding hydrogens is 266 g/mol. The third-order valence-electron chi connectivity index (χ3n) is 3.39. The number of fused-ring (bicyclic) bond motifs is 1. The Balaban J connectivity index is 2.20. The standard InChI is InChI=1S/C16H15N3O2/c1-11-16(20)19(15-13(18-11)7-5-9-17-15)10-12-6-3-4-8-14(12)21-2/h3-9H,10H2,1-2H3. The van der Waals surface area contributed by atoms with E-state index in [1.807, 2.05) is 36.4 Å². The fourth-order valence-electron chi connectivity index (χ4n) is 2.35. The molecule has 5 nitrogen and oxygen atoms in total. The molecule has 0 amide bonds. The fourth-order valence-corrected chi connectivity index (χ4v) is 2.35. The summed E-state index contributed by atoms with van der Waals surface area (Å²) in [7, 11) is 1.62. The molecule has 2 heterocycles. The van der Waals surface area contributed by atoms with Gasteiger partial charge < -0.3 is 4.74 Å². The van der Waals surface area contributed by atoms with E-state index in [2.05, 4.69) is 9.97 Å². The van der Waals surface area contributed by atoms with E-state index in [4.69, 9.17) is 4.74 Å². The second-order valence-electron chi connectivity index (χ2n) is 4.75. The number of aryl methyl sites for hydroxylation is 1. The van der Waals surface area contributed by atoms with E-state index in [1.165, 1.54) is 0 Å². The summed E-state index contributed by atoms with van der Waals surface area (Å²) in [4.78, 5) is 21.0. The van der Waals surface area contributed by atoms with E-state index in [1.54, 1.807) is 24.8 Å². The molecule has 0 unspecified atom stereocenters. The van der Waals surface area contributed by atoms with Crippen molar-refractivity contribution in [3.05, 3.63) is 64.2 Å². The molecule has 0 N–H and O–H groups in total. The molecule has 106 valence electrons. The smallest absolute Gasteiger partial charge is 0.273 e. The maximum Gasteiger partial charge on any atom is 0.273 e. The van der Waals surface area contributed by atoms with Crippen molar-refractivity contribution in [1.82, 2.24) is 14.5 Å². The predicted octanol–water partition coefficient (Wildman–Crippen LogP) is 2.16. The molecule has 0 fully saturated rings. The second-order valence-corrected chi connectivity index (χ2v) is 4.75. The topological polar surface area (TPSA) is 57.0 Å². The lowest BCUT2D eigenvalue weighted by Crippen LogP contribution is -2.25. The molecule has 0 bridgehead atoms. The molecule has 3 rings (SSSR count). The van der Waals surface area contributed by atoms with Gasteiger partial charge >= 0.3 is 0 Å². The van der Waals surface area contributed by atoms with Gasteiger partial charge in [-0.15, -0.1) is 0 Å². The Bertz CT molecular complexity index is 856. The highest BCUT2D eigenvalue weighted by molar-refractivity contribution is 5.69. The summed E-state index contributed by atoms with van der Waals surface area (Å²) in [6.07, 6.45) is 1.66. The van der Waals surface area contributed by atoms with Crippen LogP contribution in [0.4, 0.5) is 0 Å². The van der Waals surface area contributed by atoms with Gasteiger partial charge in [0.1, 0.15) is 17.0 Å². The average Bonchev–Trinajstić information content (AvgIpc) is 2.52. The third kappa shape index (κ3) is 2.38. The molecule has 0 saturated heterocycles. The van der Waals surface area contributed by atoms with Gasteiger partial charge in [-0.05, 0) is 25.1 Å². The molecule has 0 saturated carbocycles. The van der Waals surface area contributed by atoms with Crippen LogP contribution >= 0.6 is 0 Å². The molecule has 5 heteroatoms. The maximum atomic E-state index is 12.4. The first-order valence-corrected chi connectivity index (χ1v) is 6.65. The zero-order chi connectivity index (χ0) is 14.8. The normalized spacial score (nSPS) is 10.8. The fraction of sp³-hybridized carbons (Fsp3) is 0.188. The number of benzene rings is 1. The molecule has 0 radical (unpaired) electrons. The van der Waals surface area contributed by atoms with Crippen LogP contribution in [0.5, 0.6) is 5.75 Å². The Morgan fingerprint density at radius 3 is 2.81 bits per heavy atom. The zero-order valence-electron chi connectivity index (χ0n) is 11.9. The van der Waals surface area contributed by atoms with Crippen molar-refractivity contribution in [3.63, 3.8) is 0 Å². The third-order valence-corrected chi connectivity index (χ3v) is 3.39. The van der Waals surface area contributed by atoms with E-state index in [-0.39, 0.29) is 5.56 Å². The van der Waals surface area contributed by atoms with E-state index in [0.717, 1.165) is 11.3 Å². The van der Waals surface area contributed by atoms with Crippen LogP contribution < -0.4 is 10.3 Å². The van der Waals surface area contributed by atoms with Gasteiger partial charge in [0.25, 0.3) is 5.56 Å². The van der Waals surface area contributed by atoms with Crippen LogP contribution in [0.1, 0.15) is 11.3 Å². The van der Waals surface area contributed by atoms with E-state index in [0.29, 0.717) is 23.4 Å². The molecule has 0 aliphatic rings. The summed E-state index contributed by atoms with van der Waals surface area (Å²) < 4.78 is 6.98. The van der Waals surface area contributed by atoms with Gasteiger partial charge in [-0.2, -0.15) is 0 Å². The van der Waals surface area contributed by atoms with Gasteiger partial charge in [0.15, 0.2) is 5.65 Å². The highest BCUT2D eigenvalue weighted by Gasteiger charge is 2.11.